The molecule has 110 valence electrons. The van der Waals surface area contributed by atoms with Crippen molar-refractivity contribution in [3.63, 3.8) is 0 Å². The molecule has 0 saturated heterocycles. The number of hydrogen-bond donors (Lipinski definition) is 1. The summed E-state index contributed by atoms with van der Waals surface area (Å²) in [7, 11) is 3.10. The van der Waals surface area contributed by atoms with Gasteiger partial charge in [0.15, 0.2) is 0 Å². The summed E-state index contributed by atoms with van der Waals surface area (Å²) in [6, 6.07) is 11.9. The Morgan fingerprint density at radius 1 is 1.00 bits per heavy atom. The zero-order chi connectivity index (χ0) is 15.2. The van der Waals surface area contributed by atoms with Crippen LogP contribution >= 0.6 is 0 Å². The Labute approximate surface area is 122 Å². The second-order valence-corrected chi connectivity index (χ2v) is 4.30. The van der Waals surface area contributed by atoms with Gasteiger partial charge in [-0.05, 0) is 36.4 Å². The number of methoxy groups -OCH3 is 2. The maximum absolute atomic E-state index is 10.9. The predicted molar refractivity (Wildman–Crippen MR) is 77.3 cm³/mol. The van der Waals surface area contributed by atoms with Crippen molar-refractivity contribution in [2.75, 3.05) is 14.2 Å². The predicted octanol–water partition coefficient (Wildman–Crippen LogP) is 2.98. The number of ether oxygens (including phenoxy) is 3. The number of aromatic carboxylic acids is 1. The van der Waals surface area contributed by atoms with Crippen LogP contribution in [0.3, 0.4) is 0 Å². The molecule has 0 saturated carbocycles. The number of hydrogen-bond acceptors (Lipinski definition) is 4. The van der Waals surface area contributed by atoms with Crippen molar-refractivity contribution in [3.05, 3.63) is 53.6 Å². The lowest BCUT2D eigenvalue weighted by Gasteiger charge is -2.11. The van der Waals surface area contributed by atoms with Crippen LogP contribution in [0.5, 0.6) is 17.2 Å². The van der Waals surface area contributed by atoms with E-state index in [4.69, 9.17) is 19.3 Å². The van der Waals surface area contributed by atoms with Crippen LogP contribution in [0.25, 0.3) is 0 Å². The molecule has 5 nitrogen and oxygen atoms in total. The zero-order valence-electron chi connectivity index (χ0n) is 11.8. The van der Waals surface area contributed by atoms with E-state index >= 15 is 0 Å². The largest absolute Gasteiger partial charge is 0.497 e. The fourth-order valence-corrected chi connectivity index (χ4v) is 1.83. The number of rotatable bonds is 6. The summed E-state index contributed by atoms with van der Waals surface area (Å²) in [4.78, 5) is 10.9. The molecule has 0 aromatic heterocycles. The van der Waals surface area contributed by atoms with Crippen molar-refractivity contribution in [1.82, 2.24) is 0 Å². The maximum atomic E-state index is 10.9. The smallest absolute Gasteiger partial charge is 0.335 e. The van der Waals surface area contributed by atoms with E-state index in [0.29, 0.717) is 11.5 Å². The molecule has 5 heteroatoms. The van der Waals surface area contributed by atoms with E-state index in [9.17, 15) is 4.79 Å². The highest BCUT2D eigenvalue weighted by atomic mass is 16.5. The molecule has 21 heavy (non-hydrogen) atoms. The van der Waals surface area contributed by atoms with E-state index in [1.54, 1.807) is 37.4 Å². The van der Waals surface area contributed by atoms with Gasteiger partial charge in [-0.15, -0.1) is 0 Å². The van der Waals surface area contributed by atoms with Gasteiger partial charge in [-0.3, -0.25) is 0 Å². The summed E-state index contributed by atoms with van der Waals surface area (Å²) in [5.74, 6) is 0.949. The van der Waals surface area contributed by atoms with Gasteiger partial charge in [0.05, 0.1) is 19.8 Å². The van der Waals surface area contributed by atoms with Gasteiger partial charge in [-0.25, -0.2) is 4.79 Å². The van der Waals surface area contributed by atoms with Crippen LogP contribution in [-0.2, 0) is 6.61 Å². The standard InChI is InChI=1S/C16H16O5/c1-19-13-5-7-14(8-6-13)21-10-12-4-3-11(16(17)18)9-15(12)20-2/h3-9H,10H2,1-2H3,(H,17,18). The number of carboxylic acid groups (broad SMARTS) is 1. The monoisotopic (exact) mass is 288 g/mol. The molecule has 2 aromatic rings. The second-order valence-electron chi connectivity index (χ2n) is 4.30. The molecule has 0 atom stereocenters. The molecule has 0 aliphatic heterocycles. The molecule has 0 fully saturated rings. The lowest BCUT2D eigenvalue weighted by molar-refractivity contribution is 0.0696. The molecular formula is C16H16O5. The van der Waals surface area contributed by atoms with Crippen LogP contribution in [0.4, 0.5) is 0 Å². The number of carboxylic acids is 1. The van der Waals surface area contributed by atoms with Crippen LogP contribution in [0, 0.1) is 0 Å². The molecular weight excluding hydrogens is 272 g/mol. The van der Waals surface area contributed by atoms with Gasteiger partial charge in [0.2, 0.25) is 0 Å². The molecule has 0 bridgehead atoms. The van der Waals surface area contributed by atoms with Crippen molar-refractivity contribution in [2.45, 2.75) is 6.61 Å². The van der Waals surface area contributed by atoms with Gasteiger partial charge in [-0.1, -0.05) is 6.07 Å². The molecule has 0 aliphatic carbocycles. The first-order chi connectivity index (χ1) is 10.1. The summed E-state index contributed by atoms with van der Waals surface area (Å²) < 4.78 is 15.9. The van der Waals surface area contributed by atoms with Gasteiger partial charge in [-0.2, -0.15) is 0 Å². The van der Waals surface area contributed by atoms with Crippen LogP contribution in [0.2, 0.25) is 0 Å². The molecule has 0 aliphatic rings. The van der Waals surface area contributed by atoms with Gasteiger partial charge >= 0.3 is 5.97 Å². The number of benzene rings is 2. The van der Waals surface area contributed by atoms with Crippen LogP contribution in [0.15, 0.2) is 42.5 Å². The average Bonchev–Trinajstić information content (AvgIpc) is 2.53. The lowest BCUT2D eigenvalue weighted by atomic mass is 10.1. The molecule has 0 amide bonds. The van der Waals surface area contributed by atoms with Crippen LogP contribution in [0.1, 0.15) is 15.9 Å². The minimum atomic E-state index is -0.990. The quantitative estimate of drug-likeness (QED) is 0.885. The third kappa shape index (κ3) is 3.66. The Bertz CT molecular complexity index is 619. The minimum Gasteiger partial charge on any atom is -0.497 e. The van der Waals surface area contributed by atoms with Gasteiger partial charge in [0.1, 0.15) is 23.9 Å². The highest BCUT2D eigenvalue weighted by Gasteiger charge is 2.09. The summed E-state index contributed by atoms with van der Waals surface area (Å²) in [5, 5.41) is 8.95. The van der Waals surface area contributed by atoms with E-state index in [0.717, 1.165) is 11.3 Å². The van der Waals surface area contributed by atoms with E-state index in [2.05, 4.69) is 0 Å². The first-order valence-corrected chi connectivity index (χ1v) is 6.31. The Hall–Kier alpha value is -2.69. The fourth-order valence-electron chi connectivity index (χ4n) is 1.83. The van der Waals surface area contributed by atoms with Crippen molar-refractivity contribution in [2.24, 2.45) is 0 Å². The molecule has 0 heterocycles. The molecule has 0 unspecified atom stereocenters. The maximum Gasteiger partial charge on any atom is 0.335 e. The highest BCUT2D eigenvalue weighted by Crippen LogP contribution is 2.23. The Morgan fingerprint density at radius 2 is 1.67 bits per heavy atom. The zero-order valence-corrected chi connectivity index (χ0v) is 11.8. The van der Waals surface area contributed by atoms with Gasteiger partial charge < -0.3 is 19.3 Å². The van der Waals surface area contributed by atoms with Gasteiger partial charge in [0.25, 0.3) is 0 Å². The normalized spacial score (nSPS) is 10.0. The second kappa shape index (κ2) is 6.65. The fraction of sp³-hybridized carbons (Fsp3) is 0.188. The lowest BCUT2D eigenvalue weighted by Crippen LogP contribution is -2.02. The number of carbonyl (C=O) groups is 1. The van der Waals surface area contributed by atoms with Gasteiger partial charge in [0, 0.05) is 5.56 Å². The molecule has 1 N–H and O–H groups in total. The Balaban J connectivity index is 2.09. The average molecular weight is 288 g/mol. The molecule has 2 aromatic carbocycles. The minimum absolute atomic E-state index is 0.181. The molecule has 0 radical (unpaired) electrons. The van der Waals surface area contributed by atoms with Crippen molar-refractivity contribution in [1.29, 1.82) is 0 Å². The summed E-state index contributed by atoms with van der Waals surface area (Å²) in [6.07, 6.45) is 0. The van der Waals surface area contributed by atoms with Crippen molar-refractivity contribution < 1.29 is 24.1 Å². The Kier molecular flexibility index (Phi) is 4.66. The van der Waals surface area contributed by atoms with E-state index in [1.165, 1.54) is 19.2 Å². The van der Waals surface area contributed by atoms with Crippen LogP contribution < -0.4 is 14.2 Å². The van der Waals surface area contributed by atoms with Crippen LogP contribution in [-0.4, -0.2) is 25.3 Å². The third-order valence-electron chi connectivity index (χ3n) is 2.99. The van der Waals surface area contributed by atoms with E-state index < -0.39 is 5.97 Å². The SMILES string of the molecule is COc1ccc(OCc2ccc(C(=O)O)cc2OC)cc1. The first kappa shape index (κ1) is 14.7. The Morgan fingerprint density at radius 3 is 2.24 bits per heavy atom. The summed E-state index contributed by atoms with van der Waals surface area (Å²) >= 11 is 0. The summed E-state index contributed by atoms with van der Waals surface area (Å²) in [6.45, 7) is 0.287. The van der Waals surface area contributed by atoms with Crippen molar-refractivity contribution >= 4 is 5.97 Å². The summed E-state index contributed by atoms with van der Waals surface area (Å²) in [5.41, 5.74) is 0.957. The van der Waals surface area contributed by atoms with E-state index in [-0.39, 0.29) is 12.2 Å². The topological polar surface area (TPSA) is 65.0 Å². The molecule has 2 rings (SSSR count). The third-order valence-corrected chi connectivity index (χ3v) is 2.99. The van der Waals surface area contributed by atoms with E-state index in [1.807, 2.05) is 0 Å². The first-order valence-electron chi connectivity index (χ1n) is 6.31. The molecule has 0 spiro atoms. The van der Waals surface area contributed by atoms with Crippen molar-refractivity contribution in [3.8, 4) is 17.2 Å². The highest BCUT2D eigenvalue weighted by molar-refractivity contribution is 5.88.